The summed E-state index contributed by atoms with van der Waals surface area (Å²) in [6, 6.07) is 4.39. The SMILES string of the molecule is O=Nc1cc(CF)cc(OCCN2CCNC(=O)C2)c1. The fraction of sp³-hybridized carbons (Fsp3) is 0.462. The van der Waals surface area contributed by atoms with Crippen LogP contribution in [0.4, 0.5) is 10.1 Å². The highest BCUT2D eigenvalue weighted by molar-refractivity contribution is 5.78. The summed E-state index contributed by atoms with van der Waals surface area (Å²) in [5.74, 6) is 0.416. The second-order valence-corrected chi connectivity index (χ2v) is 4.53. The zero-order chi connectivity index (χ0) is 14.4. The summed E-state index contributed by atoms with van der Waals surface area (Å²) >= 11 is 0. The fourth-order valence-corrected chi connectivity index (χ4v) is 2.03. The van der Waals surface area contributed by atoms with E-state index in [-0.39, 0.29) is 11.6 Å². The topological polar surface area (TPSA) is 71.0 Å². The van der Waals surface area contributed by atoms with Crippen LogP contribution in [0.15, 0.2) is 23.4 Å². The largest absolute Gasteiger partial charge is 0.492 e. The molecule has 0 aliphatic carbocycles. The van der Waals surface area contributed by atoms with Crippen molar-refractivity contribution in [1.29, 1.82) is 0 Å². The van der Waals surface area contributed by atoms with Crippen molar-refractivity contribution in [3.63, 3.8) is 0 Å². The first-order valence-electron chi connectivity index (χ1n) is 6.36. The van der Waals surface area contributed by atoms with Crippen molar-refractivity contribution in [2.24, 2.45) is 5.18 Å². The second-order valence-electron chi connectivity index (χ2n) is 4.53. The number of benzene rings is 1. The molecule has 108 valence electrons. The Hall–Kier alpha value is -2.02. The third-order valence-corrected chi connectivity index (χ3v) is 3.00. The number of rotatable bonds is 6. The minimum atomic E-state index is -0.675. The number of ether oxygens (including phenoxy) is 1. The number of nitrogens with one attached hydrogen (secondary N) is 1. The molecule has 7 heteroatoms. The quantitative estimate of drug-likeness (QED) is 0.799. The van der Waals surface area contributed by atoms with E-state index in [1.807, 2.05) is 4.90 Å². The van der Waals surface area contributed by atoms with Gasteiger partial charge in [0.05, 0.1) is 6.54 Å². The first kappa shape index (κ1) is 14.4. The van der Waals surface area contributed by atoms with Gasteiger partial charge < -0.3 is 10.1 Å². The van der Waals surface area contributed by atoms with Crippen LogP contribution in [-0.2, 0) is 11.5 Å². The summed E-state index contributed by atoms with van der Waals surface area (Å²) in [6.45, 7) is 2.05. The molecule has 1 N–H and O–H groups in total. The maximum absolute atomic E-state index is 12.6. The van der Waals surface area contributed by atoms with Gasteiger partial charge in [-0.25, -0.2) is 4.39 Å². The van der Waals surface area contributed by atoms with E-state index < -0.39 is 6.67 Å². The smallest absolute Gasteiger partial charge is 0.234 e. The van der Waals surface area contributed by atoms with Crippen LogP contribution in [0.25, 0.3) is 0 Å². The summed E-state index contributed by atoms with van der Waals surface area (Å²) < 4.78 is 18.1. The van der Waals surface area contributed by atoms with E-state index >= 15 is 0 Å². The molecule has 1 aliphatic rings. The number of halogens is 1. The van der Waals surface area contributed by atoms with Crippen LogP contribution in [0.3, 0.4) is 0 Å². The lowest BCUT2D eigenvalue weighted by Crippen LogP contribution is -2.48. The maximum Gasteiger partial charge on any atom is 0.234 e. The molecule has 1 amide bonds. The van der Waals surface area contributed by atoms with Gasteiger partial charge in [-0.05, 0) is 22.9 Å². The van der Waals surface area contributed by atoms with Gasteiger partial charge in [0.2, 0.25) is 5.91 Å². The average Bonchev–Trinajstić information content (AvgIpc) is 2.47. The van der Waals surface area contributed by atoms with E-state index in [2.05, 4.69) is 10.5 Å². The molecule has 0 bridgehead atoms. The molecule has 0 aromatic heterocycles. The summed E-state index contributed by atoms with van der Waals surface area (Å²) in [5, 5.41) is 5.53. The van der Waals surface area contributed by atoms with Gasteiger partial charge in [-0.1, -0.05) is 0 Å². The fourth-order valence-electron chi connectivity index (χ4n) is 2.03. The molecule has 2 rings (SSSR count). The van der Waals surface area contributed by atoms with Gasteiger partial charge in [0.15, 0.2) is 0 Å². The molecular weight excluding hydrogens is 265 g/mol. The Morgan fingerprint density at radius 3 is 2.95 bits per heavy atom. The number of alkyl halides is 1. The predicted octanol–water partition coefficient (Wildman–Crippen LogP) is 1.36. The first-order valence-corrected chi connectivity index (χ1v) is 6.36. The molecular formula is C13H16FN3O3. The standard InChI is InChI=1S/C13H16FN3O3/c14-8-10-5-11(16-19)7-12(6-10)20-4-3-17-2-1-15-13(18)9-17/h5-7H,1-4,8-9H2,(H,15,18). The average molecular weight is 281 g/mol. The van der Waals surface area contributed by atoms with Crippen molar-refractivity contribution < 1.29 is 13.9 Å². The molecule has 1 fully saturated rings. The zero-order valence-electron chi connectivity index (χ0n) is 11.0. The van der Waals surface area contributed by atoms with E-state index in [1.165, 1.54) is 18.2 Å². The Labute approximate surface area is 115 Å². The van der Waals surface area contributed by atoms with Crippen molar-refractivity contribution in [2.45, 2.75) is 6.67 Å². The van der Waals surface area contributed by atoms with Gasteiger partial charge in [0.1, 0.15) is 24.7 Å². The van der Waals surface area contributed by atoms with E-state index in [0.717, 1.165) is 6.54 Å². The van der Waals surface area contributed by atoms with Crippen LogP contribution in [0.1, 0.15) is 5.56 Å². The van der Waals surface area contributed by atoms with Crippen molar-refractivity contribution in [3.8, 4) is 5.75 Å². The number of nitrogens with zero attached hydrogens (tertiary/aromatic N) is 2. The molecule has 1 aromatic rings. The molecule has 0 radical (unpaired) electrons. The number of carbonyl (C=O) groups excluding carboxylic acids is 1. The second kappa shape index (κ2) is 6.95. The van der Waals surface area contributed by atoms with E-state index in [0.29, 0.717) is 37.6 Å². The lowest BCUT2D eigenvalue weighted by Gasteiger charge is -2.26. The Kier molecular flexibility index (Phi) is 5.00. The number of carbonyl (C=O) groups is 1. The lowest BCUT2D eigenvalue weighted by atomic mass is 10.2. The van der Waals surface area contributed by atoms with Crippen molar-refractivity contribution in [2.75, 3.05) is 32.8 Å². The highest BCUT2D eigenvalue weighted by Gasteiger charge is 2.15. The van der Waals surface area contributed by atoms with Crippen LogP contribution in [-0.4, -0.2) is 43.6 Å². The summed E-state index contributed by atoms with van der Waals surface area (Å²) in [6.07, 6.45) is 0. The molecule has 1 heterocycles. The molecule has 20 heavy (non-hydrogen) atoms. The monoisotopic (exact) mass is 281 g/mol. The van der Waals surface area contributed by atoms with Crippen molar-refractivity contribution in [1.82, 2.24) is 10.2 Å². The Morgan fingerprint density at radius 1 is 1.40 bits per heavy atom. The van der Waals surface area contributed by atoms with Crippen LogP contribution in [0.5, 0.6) is 5.75 Å². The van der Waals surface area contributed by atoms with E-state index in [1.54, 1.807) is 0 Å². The number of hydrogen-bond acceptors (Lipinski definition) is 5. The van der Waals surface area contributed by atoms with Gasteiger partial charge in [-0.2, -0.15) is 0 Å². The lowest BCUT2D eigenvalue weighted by molar-refractivity contribution is -0.124. The van der Waals surface area contributed by atoms with E-state index in [4.69, 9.17) is 4.74 Å². The first-order chi connectivity index (χ1) is 9.71. The highest BCUT2D eigenvalue weighted by Crippen LogP contribution is 2.23. The number of hydrogen-bond donors (Lipinski definition) is 1. The Morgan fingerprint density at radius 2 is 2.25 bits per heavy atom. The minimum Gasteiger partial charge on any atom is -0.492 e. The molecule has 0 unspecified atom stereocenters. The summed E-state index contributed by atoms with van der Waals surface area (Å²) in [4.78, 5) is 23.7. The molecule has 1 aliphatic heterocycles. The molecule has 1 saturated heterocycles. The van der Waals surface area contributed by atoms with Crippen molar-refractivity contribution >= 4 is 11.6 Å². The minimum absolute atomic E-state index is 0.00289. The van der Waals surface area contributed by atoms with Gasteiger partial charge in [0, 0.05) is 25.7 Å². The molecule has 0 atom stereocenters. The third-order valence-electron chi connectivity index (χ3n) is 3.00. The van der Waals surface area contributed by atoms with Crippen LogP contribution in [0.2, 0.25) is 0 Å². The van der Waals surface area contributed by atoms with Crippen molar-refractivity contribution in [3.05, 3.63) is 28.7 Å². The van der Waals surface area contributed by atoms with Gasteiger partial charge in [0.25, 0.3) is 0 Å². The van der Waals surface area contributed by atoms with Gasteiger partial charge in [-0.3, -0.25) is 9.69 Å². The normalized spacial score (nSPS) is 15.8. The molecule has 1 aromatic carbocycles. The third kappa shape index (κ3) is 3.99. The number of piperazine rings is 1. The van der Waals surface area contributed by atoms with Gasteiger partial charge >= 0.3 is 0 Å². The van der Waals surface area contributed by atoms with E-state index in [9.17, 15) is 14.1 Å². The van der Waals surface area contributed by atoms with Crippen LogP contribution >= 0.6 is 0 Å². The molecule has 6 nitrogen and oxygen atoms in total. The molecule has 0 spiro atoms. The van der Waals surface area contributed by atoms with Crippen LogP contribution in [0, 0.1) is 4.91 Å². The summed E-state index contributed by atoms with van der Waals surface area (Å²) in [5.41, 5.74) is 0.502. The van der Waals surface area contributed by atoms with Gasteiger partial charge in [-0.15, -0.1) is 4.91 Å². The molecule has 0 saturated carbocycles. The summed E-state index contributed by atoms with van der Waals surface area (Å²) in [7, 11) is 0. The Bertz CT molecular complexity index is 496. The van der Waals surface area contributed by atoms with Crippen LogP contribution < -0.4 is 10.1 Å². The Balaban J connectivity index is 1.87. The highest BCUT2D eigenvalue weighted by atomic mass is 19.1. The number of nitroso groups, excluding NO2 is 1. The zero-order valence-corrected chi connectivity index (χ0v) is 11.0. The predicted molar refractivity (Wildman–Crippen MR) is 71.7 cm³/mol. The number of amides is 1. The maximum atomic E-state index is 12.6.